The Labute approximate surface area is 142 Å². The number of carbonyl (C=O) groups is 1. The van der Waals surface area contributed by atoms with Gasteiger partial charge in [-0.05, 0) is 37.5 Å². The maximum Gasteiger partial charge on any atom is 0.315 e. The van der Waals surface area contributed by atoms with Crippen LogP contribution in [0.1, 0.15) is 36.9 Å². The van der Waals surface area contributed by atoms with Gasteiger partial charge in [-0.3, -0.25) is 4.68 Å². The quantitative estimate of drug-likeness (QED) is 0.887. The third kappa shape index (κ3) is 4.07. The smallest absolute Gasteiger partial charge is 0.315 e. The van der Waals surface area contributed by atoms with Crippen molar-refractivity contribution in [1.82, 2.24) is 20.4 Å². The summed E-state index contributed by atoms with van der Waals surface area (Å²) in [5, 5.41) is 9.95. The maximum absolute atomic E-state index is 12.1. The lowest BCUT2D eigenvalue weighted by atomic mass is 10.1. The summed E-state index contributed by atoms with van der Waals surface area (Å²) in [6, 6.07) is 8.24. The lowest BCUT2D eigenvalue weighted by Gasteiger charge is -2.21. The lowest BCUT2D eigenvalue weighted by Crippen LogP contribution is -2.36. The Hall–Kier alpha value is -2.50. The molecule has 2 heterocycles. The number of urea groups is 1. The molecular formula is C18H25N5O. The van der Waals surface area contributed by atoms with Crippen molar-refractivity contribution in [3.8, 4) is 0 Å². The van der Waals surface area contributed by atoms with E-state index in [1.807, 2.05) is 20.2 Å². The largest absolute Gasteiger partial charge is 0.372 e. The highest BCUT2D eigenvalue weighted by Crippen LogP contribution is 2.23. The second-order valence-corrected chi connectivity index (χ2v) is 6.36. The van der Waals surface area contributed by atoms with Crippen LogP contribution in [0.25, 0.3) is 0 Å². The van der Waals surface area contributed by atoms with Crippen LogP contribution in [-0.4, -0.2) is 28.9 Å². The van der Waals surface area contributed by atoms with E-state index in [2.05, 4.69) is 44.9 Å². The van der Waals surface area contributed by atoms with Crippen LogP contribution in [0.2, 0.25) is 0 Å². The fourth-order valence-corrected chi connectivity index (χ4v) is 3.04. The molecule has 1 atom stereocenters. The fourth-order valence-electron chi connectivity index (χ4n) is 3.04. The van der Waals surface area contributed by atoms with Crippen LogP contribution in [0.3, 0.4) is 0 Å². The van der Waals surface area contributed by atoms with Gasteiger partial charge in [-0.25, -0.2) is 4.79 Å². The van der Waals surface area contributed by atoms with Crippen LogP contribution in [0, 0.1) is 0 Å². The van der Waals surface area contributed by atoms with Crippen molar-refractivity contribution in [3.63, 3.8) is 0 Å². The van der Waals surface area contributed by atoms with Crippen molar-refractivity contribution in [2.24, 2.45) is 7.05 Å². The molecule has 1 aromatic carbocycles. The molecule has 6 nitrogen and oxygen atoms in total. The second-order valence-electron chi connectivity index (χ2n) is 6.36. The highest BCUT2D eigenvalue weighted by Gasteiger charge is 2.15. The van der Waals surface area contributed by atoms with Crippen LogP contribution in [0.15, 0.2) is 36.7 Å². The van der Waals surface area contributed by atoms with Gasteiger partial charge >= 0.3 is 6.03 Å². The Morgan fingerprint density at radius 1 is 1.33 bits per heavy atom. The number of carbonyl (C=O) groups excluding carboxylic acids is 1. The molecule has 1 aliphatic heterocycles. The summed E-state index contributed by atoms with van der Waals surface area (Å²) in [6.07, 6.45) is 6.16. The van der Waals surface area contributed by atoms with Crippen molar-refractivity contribution < 1.29 is 4.79 Å². The molecule has 1 saturated heterocycles. The number of rotatable bonds is 5. The summed E-state index contributed by atoms with van der Waals surface area (Å²) >= 11 is 0. The average Bonchev–Trinajstić information content (AvgIpc) is 3.24. The first-order valence-corrected chi connectivity index (χ1v) is 8.48. The predicted octanol–water partition coefficient (Wildman–Crippen LogP) is 2.58. The molecule has 0 bridgehead atoms. The molecular weight excluding hydrogens is 302 g/mol. The molecule has 0 aliphatic carbocycles. The first-order chi connectivity index (χ1) is 11.6. The number of hydrogen-bond donors (Lipinski definition) is 2. The predicted molar refractivity (Wildman–Crippen MR) is 94.9 cm³/mol. The zero-order valence-electron chi connectivity index (χ0n) is 14.3. The number of aromatic nitrogens is 2. The SMILES string of the molecule is CC(NC(=O)NCc1cnn(C)c1)c1cccc(N2CCCC2)c1. The minimum absolute atomic E-state index is 0.0403. The van der Waals surface area contributed by atoms with Gasteiger partial charge in [-0.15, -0.1) is 0 Å². The van der Waals surface area contributed by atoms with E-state index in [-0.39, 0.29) is 12.1 Å². The highest BCUT2D eigenvalue weighted by molar-refractivity contribution is 5.74. The minimum atomic E-state index is -0.169. The lowest BCUT2D eigenvalue weighted by molar-refractivity contribution is 0.237. The van der Waals surface area contributed by atoms with Crippen LogP contribution < -0.4 is 15.5 Å². The van der Waals surface area contributed by atoms with Crippen molar-refractivity contribution in [2.75, 3.05) is 18.0 Å². The molecule has 3 rings (SSSR count). The minimum Gasteiger partial charge on any atom is -0.372 e. The molecule has 1 aliphatic rings. The summed E-state index contributed by atoms with van der Waals surface area (Å²) in [7, 11) is 1.86. The van der Waals surface area contributed by atoms with E-state index in [0.717, 1.165) is 24.2 Å². The van der Waals surface area contributed by atoms with Crippen LogP contribution >= 0.6 is 0 Å². The molecule has 2 N–H and O–H groups in total. The van der Waals surface area contributed by atoms with Gasteiger partial charge in [0.15, 0.2) is 0 Å². The number of hydrogen-bond acceptors (Lipinski definition) is 3. The van der Waals surface area contributed by atoms with Gasteiger partial charge in [0.2, 0.25) is 0 Å². The van der Waals surface area contributed by atoms with Gasteiger partial charge < -0.3 is 15.5 Å². The van der Waals surface area contributed by atoms with E-state index in [1.54, 1.807) is 10.9 Å². The number of benzene rings is 1. The average molecular weight is 327 g/mol. The summed E-state index contributed by atoms with van der Waals surface area (Å²) < 4.78 is 1.72. The van der Waals surface area contributed by atoms with Gasteiger partial charge in [0.25, 0.3) is 0 Å². The summed E-state index contributed by atoms with van der Waals surface area (Å²) in [4.78, 5) is 14.5. The Kier molecular flexibility index (Phi) is 5.03. The fraction of sp³-hybridized carbons (Fsp3) is 0.444. The maximum atomic E-state index is 12.1. The van der Waals surface area contributed by atoms with E-state index in [9.17, 15) is 4.79 Å². The van der Waals surface area contributed by atoms with Crippen molar-refractivity contribution in [3.05, 3.63) is 47.8 Å². The number of anilines is 1. The molecule has 2 aromatic rings. The van der Waals surface area contributed by atoms with Crippen molar-refractivity contribution in [1.29, 1.82) is 0 Å². The number of amides is 2. The molecule has 1 fully saturated rings. The topological polar surface area (TPSA) is 62.2 Å². The van der Waals surface area contributed by atoms with E-state index in [0.29, 0.717) is 6.54 Å². The van der Waals surface area contributed by atoms with Gasteiger partial charge in [-0.2, -0.15) is 5.10 Å². The third-order valence-corrected chi connectivity index (χ3v) is 4.40. The Morgan fingerprint density at radius 3 is 2.83 bits per heavy atom. The highest BCUT2D eigenvalue weighted by atomic mass is 16.2. The number of aryl methyl sites for hydroxylation is 1. The van der Waals surface area contributed by atoms with Gasteiger partial charge in [0.1, 0.15) is 0 Å². The summed E-state index contributed by atoms with van der Waals surface area (Å²) in [6.45, 7) is 4.72. The zero-order valence-corrected chi connectivity index (χ0v) is 14.3. The number of nitrogens with one attached hydrogen (secondary N) is 2. The molecule has 6 heteroatoms. The van der Waals surface area contributed by atoms with E-state index in [1.165, 1.54) is 18.5 Å². The third-order valence-electron chi connectivity index (χ3n) is 4.40. The molecule has 128 valence electrons. The molecule has 24 heavy (non-hydrogen) atoms. The van der Waals surface area contributed by atoms with E-state index in [4.69, 9.17) is 0 Å². The standard InChI is InChI=1S/C18H25N5O/c1-14(21-18(24)19-11-15-12-20-22(2)13-15)16-6-5-7-17(10-16)23-8-3-4-9-23/h5-7,10,12-14H,3-4,8-9,11H2,1-2H3,(H2,19,21,24). The van der Waals surface area contributed by atoms with Gasteiger partial charge in [-0.1, -0.05) is 12.1 Å². The Bertz CT molecular complexity index is 690. The van der Waals surface area contributed by atoms with Crippen LogP contribution in [0.4, 0.5) is 10.5 Å². The first kappa shape index (κ1) is 16.4. The molecule has 0 radical (unpaired) electrons. The first-order valence-electron chi connectivity index (χ1n) is 8.48. The Morgan fingerprint density at radius 2 is 2.12 bits per heavy atom. The van der Waals surface area contributed by atoms with Gasteiger partial charge in [0.05, 0.1) is 12.2 Å². The molecule has 1 unspecified atom stereocenters. The van der Waals surface area contributed by atoms with Gasteiger partial charge in [0, 0.05) is 44.1 Å². The normalized spacial score (nSPS) is 15.3. The summed E-state index contributed by atoms with van der Waals surface area (Å²) in [5.74, 6) is 0. The molecule has 1 aromatic heterocycles. The van der Waals surface area contributed by atoms with Crippen LogP contribution in [0.5, 0.6) is 0 Å². The van der Waals surface area contributed by atoms with E-state index >= 15 is 0 Å². The van der Waals surface area contributed by atoms with Crippen LogP contribution in [-0.2, 0) is 13.6 Å². The molecule has 2 amide bonds. The summed E-state index contributed by atoms with van der Waals surface area (Å²) in [5.41, 5.74) is 3.35. The molecule has 0 saturated carbocycles. The monoisotopic (exact) mass is 327 g/mol. The second kappa shape index (κ2) is 7.38. The molecule has 0 spiro atoms. The van der Waals surface area contributed by atoms with E-state index < -0.39 is 0 Å². The zero-order chi connectivity index (χ0) is 16.9. The number of nitrogens with zero attached hydrogens (tertiary/aromatic N) is 3. The van der Waals surface area contributed by atoms with Crippen molar-refractivity contribution in [2.45, 2.75) is 32.4 Å². The van der Waals surface area contributed by atoms with Crippen molar-refractivity contribution >= 4 is 11.7 Å². The Balaban J connectivity index is 1.54.